The third-order valence-corrected chi connectivity index (χ3v) is 3.11. The molecule has 1 aromatic rings. The van der Waals surface area contributed by atoms with E-state index in [4.69, 9.17) is 16.3 Å². The van der Waals surface area contributed by atoms with Gasteiger partial charge in [0.05, 0.1) is 6.10 Å². The standard InChI is InChI=1S/C12H13BrClF3O/c13-8-11(9-3-1-4-10(14)7-9)18-6-2-5-12(15,16)17/h1,3-4,7,11H,2,5-6,8H2. The zero-order valence-electron chi connectivity index (χ0n) is 9.51. The van der Waals surface area contributed by atoms with Crippen LogP contribution in [0.15, 0.2) is 24.3 Å². The molecule has 0 fully saturated rings. The Hall–Kier alpha value is -0.260. The predicted molar refractivity (Wildman–Crippen MR) is 69.2 cm³/mol. The second-order valence-corrected chi connectivity index (χ2v) is 4.87. The molecule has 6 heteroatoms. The highest BCUT2D eigenvalue weighted by molar-refractivity contribution is 9.09. The van der Waals surface area contributed by atoms with E-state index in [-0.39, 0.29) is 19.1 Å². The minimum Gasteiger partial charge on any atom is -0.373 e. The molecule has 0 amide bonds. The molecular weight excluding hydrogens is 332 g/mol. The Morgan fingerprint density at radius 2 is 2.06 bits per heavy atom. The molecule has 1 rings (SSSR count). The van der Waals surface area contributed by atoms with Crippen molar-refractivity contribution >= 4 is 27.5 Å². The van der Waals surface area contributed by atoms with E-state index in [1.54, 1.807) is 18.2 Å². The van der Waals surface area contributed by atoms with Gasteiger partial charge in [-0.1, -0.05) is 39.7 Å². The Morgan fingerprint density at radius 3 is 2.61 bits per heavy atom. The first-order valence-electron chi connectivity index (χ1n) is 5.42. The highest BCUT2D eigenvalue weighted by Gasteiger charge is 2.26. The fourth-order valence-electron chi connectivity index (χ4n) is 1.43. The van der Waals surface area contributed by atoms with Crippen LogP contribution in [0.25, 0.3) is 0 Å². The Labute approximate surface area is 117 Å². The number of halogens is 5. The molecule has 102 valence electrons. The Balaban J connectivity index is 2.43. The lowest BCUT2D eigenvalue weighted by Gasteiger charge is -2.16. The fourth-order valence-corrected chi connectivity index (χ4v) is 2.19. The number of ether oxygens (including phenoxy) is 1. The zero-order chi connectivity index (χ0) is 13.6. The quantitative estimate of drug-likeness (QED) is 0.513. The highest BCUT2D eigenvalue weighted by atomic mass is 79.9. The van der Waals surface area contributed by atoms with E-state index >= 15 is 0 Å². The van der Waals surface area contributed by atoms with Crippen molar-refractivity contribution in [3.05, 3.63) is 34.9 Å². The number of rotatable bonds is 6. The smallest absolute Gasteiger partial charge is 0.373 e. The molecule has 0 heterocycles. The van der Waals surface area contributed by atoms with Crippen molar-refractivity contribution in [3.8, 4) is 0 Å². The lowest BCUT2D eigenvalue weighted by atomic mass is 10.1. The van der Waals surface area contributed by atoms with Gasteiger partial charge < -0.3 is 4.74 Å². The molecule has 0 aromatic heterocycles. The number of alkyl halides is 4. The first-order valence-corrected chi connectivity index (χ1v) is 6.92. The summed E-state index contributed by atoms with van der Waals surface area (Å²) in [6.07, 6.45) is -5.26. The average Bonchev–Trinajstić information content (AvgIpc) is 2.27. The molecule has 1 unspecified atom stereocenters. The Morgan fingerprint density at radius 1 is 1.33 bits per heavy atom. The van der Waals surface area contributed by atoms with Gasteiger partial charge >= 0.3 is 6.18 Å². The van der Waals surface area contributed by atoms with Crippen molar-refractivity contribution in [2.24, 2.45) is 0 Å². The van der Waals surface area contributed by atoms with E-state index < -0.39 is 12.6 Å². The van der Waals surface area contributed by atoms with Crippen molar-refractivity contribution in [3.63, 3.8) is 0 Å². The third-order valence-electron chi connectivity index (χ3n) is 2.28. The maximum absolute atomic E-state index is 12.0. The fraction of sp³-hybridized carbons (Fsp3) is 0.500. The number of benzene rings is 1. The van der Waals surface area contributed by atoms with Gasteiger partial charge in [0.2, 0.25) is 0 Å². The van der Waals surface area contributed by atoms with E-state index in [2.05, 4.69) is 15.9 Å². The monoisotopic (exact) mass is 344 g/mol. The molecular formula is C12H13BrClF3O. The topological polar surface area (TPSA) is 9.23 Å². The minimum atomic E-state index is -4.12. The third kappa shape index (κ3) is 6.07. The average molecular weight is 346 g/mol. The largest absolute Gasteiger partial charge is 0.389 e. The highest BCUT2D eigenvalue weighted by Crippen LogP contribution is 2.25. The van der Waals surface area contributed by atoms with Crippen LogP contribution in [-0.4, -0.2) is 18.1 Å². The first kappa shape index (κ1) is 15.8. The van der Waals surface area contributed by atoms with E-state index in [1.165, 1.54) is 0 Å². The summed E-state index contributed by atoms with van der Waals surface area (Å²) in [6, 6.07) is 7.10. The molecule has 0 aliphatic carbocycles. The van der Waals surface area contributed by atoms with Crippen LogP contribution in [0.3, 0.4) is 0 Å². The van der Waals surface area contributed by atoms with Gasteiger partial charge in [0.1, 0.15) is 0 Å². The summed E-state index contributed by atoms with van der Waals surface area (Å²) in [5, 5.41) is 1.09. The van der Waals surface area contributed by atoms with Crippen LogP contribution in [0.5, 0.6) is 0 Å². The first-order chi connectivity index (χ1) is 8.42. The molecule has 0 radical (unpaired) electrons. The molecule has 0 saturated carbocycles. The summed E-state index contributed by atoms with van der Waals surface area (Å²) in [5.74, 6) is 0. The van der Waals surface area contributed by atoms with Crippen molar-refractivity contribution in [2.45, 2.75) is 25.1 Å². The van der Waals surface area contributed by atoms with Crippen LogP contribution in [-0.2, 0) is 4.74 Å². The normalized spacial score (nSPS) is 13.6. The van der Waals surface area contributed by atoms with E-state index in [1.807, 2.05) is 6.07 Å². The molecule has 0 bridgehead atoms. The summed E-state index contributed by atoms with van der Waals surface area (Å²) in [5.41, 5.74) is 0.853. The van der Waals surface area contributed by atoms with Crippen LogP contribution in [0.4, 0.5) is 13.2 Å². The van der Waals surface area contributed by atoms with Gasteiger partial charge in [0.25, 0.3) is 0 Å². The van der Waals surface area contributed by atoms with Gasteiger partial charge in [-0.05, 0) is 24.1 Å². The van der Waals surface area contributed by atoms with E-state index in [0.717, 1.165) is 5.56 Å². The van der Waals surface area contributed by atoms with Crippen molar-refractivity contribution in [2.75, 3.05) is 11.9 Å². The zero-order valence-corrected chi connectivity index (χ0v) is 11.9. The molecule has 0 saturated heterocycles. The maximum atomic E-state index is 12.0. The summed E-state index contributed by atoms with van der Waals surface area (Å²) in [7, 11) is 0. The van der Waals surface area contributed by atoms with Crippen LogP contribution in [0, 0.1) is 0 Å². The van der Waals surface area contributed by atoms with Crippen molar-refractivity contribution in [1.29, 1.82) is 0 Å². The van der Waals surface area contributed by atoms with E-state index in [9.17, 15) is 13.2 Å². The second-order valence-electron chi connectivity index (χ2n) is 3.79. The number of hydrogen-bond acceptors (Lipinski definition) is 1. The lowest BCUT2D eigenvalue weighted by molar-refractivity contribution is -0.138. The van der Waals surface area contributed by atoms with Gasteiger partial charge in [-0.3, -0.25) is 0 Å². The molecule has 18 heavy (non-hydrogen) atoms. The van der Waals surface area contributed by atoms with Crippen LogP contribution >= 0.6 is 27.5 Å². The lowest BCUT2D eigenvalue weighted by Crippen LogP contribution is -2.11. The number of hydrogen-bond donors (Lipinski definition) is 0. The van der Waals surface area contributed by atoms with Crippen LogP contribution in [0.2, 0.25) is 5.02 Å². The molecule has 0 aliphatic heterocycles. The van der Waals surface area contributed by atoms with Gasteiger partial charge in [-0.25, -0.2) is 0 Å². The summed E-state index contributed by atoms with van der Waals surface area (Å²) in [6.45, 7) is 0.0717. The van der Waals surface area contributed by atoms with Gasteiger partial charge in [-0.15, -0.1) is 0 Å². The summed E-state index contributed by atoms with van der Waals surface area (Å²) < 4.78 is 41.3. The van der Waals surface area contributed by atoms with Crippen molar-refractivity contribution < 1.29 is 17.9 Å². The van der Waals surface area contributed by atoms with E-state index in [0.29, 0.717) is 10.4 Å². The SMILES string of the molecule is FC(F)(F)CCCOC(CBr)c1cccc(Cl)c1. The molecule has 0 spiro atoms. The van der Waals surface area contributed by atoms with Crippen LogP contribution in [0.1, 0.15) is 24.5 Å². The van der Waals surface area contributed by atoms with Crippen molar-refractivity contribution in [1.82, 2.24) is 0 Å². The molecule has 1 aromatic carbocycles. The molecule has 1 atom stereocenters. The van der Waals surface area contributed by atoms with Gasteiger partial charge in [-0.2, -0.15) is 13.2 Å². The van der Waals surface area contributed by atoms with Crippen LogP contribution < -0.4 is 0 Å². The Bertz CT molecular complexity index is 371. The summed E-state index contributed by atoms with van der Waals surface area (Å²) >= 11 is 9.13. The van der Waals surface area contributed by atoms with Gasteiger partial charge in [0.15, 0.2) is 0 Å². The van der Waals surface area contributed by atoms with Gasteiger partial charge in [0, 0.05) is 23.4 Å². The Kier molecular flexibility index (Phi) is 6.46. The molecule has 0 N–H and O–H groups in total. The predicted octanol–water partition coefficient (Wildman–Crippen LogP) is 5.14. The summed E-state index contributed by atoms with van der Waals surface area (Å²) in [4.78, 5) is 0. The molecule has 0 aliphatic rings. The minimum absolute atomic E-state index is 0.0342. The second kappa shape index (κ2) is 7.36. The molecule has 1 nitrogen and oxygen atoms in total. The maximum Gasteiger partial charge on any atom is 0.389 e.